The zero-order valence-electron chi connectivity index (χ0n) is 9.05. The molecule has 2 aromatic rings. The van der Waals surface area contributed by atoms with Crippen LogP contribution in [0.25, 0.3) is 11.2 Å². The standard InChI is InChI=1S/C11H15N3/c1-7-6-12-8-5-9(11(2,3)4)14-10(8)13-7/h5-6H,1-4H3,(H,13,14). The first-order valence-corrected chi connectivity index (χ1v) is 4.80. The summed E-state index contributed by atoms with van der Waals surface area (Å²) in [6.07, 6.45) is 1.79. The van der Waals surface area contributed by atoms with Gasteiger partial charge in [-0.25, -0.2) is 4.98 Å². The maximum atomic E-state index is 4.39. The molecule has 1 N–H and O–H groups in total. The zero-order chi connectivity index (χ0) is 10.3. The Labute approximate surface area is 83.6 Å². The van der Waals surface area contributed by atoms with Crippen LogP contribution in [0.15, 0.2) is 12.3 Å². The van der Waals surface area contributed by atoms with Crippen molar-refractivity contribution < 1.29 is 0 Å². The number of rotatable bonds is 0. The second kappa shape index (κ2) is 2.80. The first-order chi connectivity index (χ1) is 6.47. The number of nitrogens with one attached hydrogen (secondary N) is 1. The van der Waals surface area contributed by atoms with Gasteiger partial charge in [-0.2, -0.15) is 0 Å². The number of aryl methyl sites for hydroxylation is 1. The summed E-state index contributed by atoms with van der Waals surface area (Å²) in [6, 6.07) is 2.07. The number of H-pyrrole nitrogens is 1. The lowest BCUT2D eigenvalue weighted by molar-refractivity contribution is 0.574. The molecule has 2 heterocycles. The van der Waals surface area contributed by atoms with E-state index < -0.39 is 0 Å². The summed E-state index contributed by atoms with van der Waals surface area (Å²) >= 11 is 0. The lowest BCUT2D eigenvalue weighted by atomic mass is 9.93. The fourth-order valence-electron chi connectivity index (χ4n) is 1.39. The van der Waals surface area contributed by atoms with Gasteiger partial charge in [0.15, 0.2) is 5.65 Å². The number of fused-ring (bicyclic) bond motifs is 1. The fraction of sp³-hybridized carbons (Fsp3) is 0.455. The molecule has 0 fully saturated rings. The van der Waals surface area contributed by atoms with E-state index in [1.165, 1.54) is 5.69 Å². The minimum Gasteiger partial charge on any atom is -0.341 e. The van der Waals surface area contributed by atoms with Crippen LogP contribution in [-0.2, 0) is 5.41 Å². The molecule has 0 atom stereocenters. The van der Waals surface area contributed by atoms with Crippen LogP contribution in [0.5, 0.6) is 0 Å². The maximum Gasteiger partial charge on any atom is 0.156 e. The van der Waals surface area contributed by atoms with Crippen molar-refractivity contribution in [2.75, 3.05) is 0 Å². The fourth-order valence-corrected chi connectivity index (χ4v) is 1.39. The van der Waals surface area contributed by atoms with E-state index in [4.69, 9.17) is 0 Å². The molecule has 3 nitrogen and oxygen atoms in total. The molecule has 0 amide bonds. The molecule has 0 aliphatic rings. The van der Waals surface area contributed by atoms with Crippen molar-refractivity contribution >= 4 is 11.2 Å². The van der Waals surface area contributed by atoms with Crippen LogP contribution in [0, 0.1) is 6.92 Å². The van der Waals surface area contributed by atoms with Crippen LogP contribution in [0.3, 0.4) is 0 Å². The van der Waals surface area contributed by atoms with E-state index in [0.29, 0.717) is 0 Å². The molecule has 0 saturated carbocycles. The van der Waals surface area contributed by atoms with Crippen LogP contribution in [0.4, 0.5) is 0 Å². The molecule has 74 valence electrons. The van der Waals surface area contributed by atoms with Crippen LogP contribution in [-0.4, -0.2) is 15.0 Å². The van der Waals surface area contributed by atoms with E-state index in [1.54, 1.807) is 6.20 Å². The van der Waals surface area contributed by atoms with Crippen molar-refractivity contribution in [3.05, 3.63) is 23.7 Å². The molecule has 0 bridgehead atoms. The zero-order valence-corrected chi connectivity index (χ0v) is 9.05. The van der Waals surface area contributed by atoms with E-state index in [9.17, 15) is 0 Å². The Bertz CT molecular complexity index is 463. The molecule has 2 aromatic heterocycles. The van der Waals surface area contributed by atoms with Gasteiger partial charge in [0.05, 0.1) is 5.69 Å². The van der Waals surface area contributed by atoms with E-state index >= 15 is 0 Å². The summed E-state index contributed by atoms with van der Waals surface area (Å²) in [7, 11) is 0. The number of hydrogen-bond donors (Lipinski definition) is 1. The average molecular weight is 189 g/mol. The van der Waals surface area contributed by atoms with Gasteiger partial charge in [-0.3, -0.25) is 4.98 Å². The molecule has 0 aliphatic carbocycles. The Balaban J connectivity index is 2.63. The minimum absolute atomic E-state index is 0.121. The Morgan fingerprint density at radius 3 is 2.64 bits per heavy atom. The average Bonchev–Trinajstić information content (AvgIpc) is 2.45. The second-order valence-corrected chi connectivity index (χ2v) is 4.68. The SMILES string of the molecule is Cc1cnc2cc(C(C)(C)C)[nH]c2n1. The highest BCUT2D eigenvalue weighted by Crippen LogP contribution is 2.23. The Morgan fingerprint density at radius 1 is 1.29 bits per heavy atom. The predicted octanol–water partition coefficient (Wildman–Crippen LogP) is 2.56. The number of aromatic amines is 1. The molecule has 0 unspecified atom stereocenters. The van der Waals surface area contributed by atoms with Crippen molar-refractivity contribution in [3.8, 4) is 0 Å². The molecule has 3 heteroatoms. The van der Waals surface area contributed by atoms with Gasteiger partial charge in [-0.05, 0) is 13.0 Å². The van der Waals surface area contributed by atoms with Gasteiger partial charge >= 0.3 is 0 Å². The van der Waals surface area contributed by atoms with Crippen molar-refractivity contribution in [1.29, 1.82) is 0 Å². The number of hydrogen-bond acceptors (Lipinski definition) is 2. The Hall–Kier alpha value is -1.38. The summed E-state index contributed by atoms with van der Waals surface area (Å²) < 4.78 is 0. The van der Waals surface area contributed by atoms with Crippen molar-refractivity contribution in [1.82, 2.24) is 15.0 Å². The Morgan fingerprint density at radius 2 is 2.00 bits per heavy atom. The summed E-state index contributed by atoms with van der Waals surface area (Å²) in [5.74, 6) is 0. The Kier molecular flexibility index (Phi) is 1.84. The quantitative estimate of drug-likeness (QED) is 0.692. The first-order valence-electron chi connectivity index (χ1n) is 4.80. The highest BCUT2D eigenvalue weighted by atomic mass is 14.9. The molecule has 2 rings (SSSR count). The van der Waals surface area contributed by atoms with Crippen molar-refractivity contribution in [2.45, 2.75) is 33.1 Å². The van der Waals surface area contributed by atoms with Crippen LogP contribution in [0.2, 0.25) is 0 Å². The van der Waals surface area contributed by atoms with Gasteiger partial charge in [-0.1, -0.05) is 20.8 Å². The van der Waals surface area contributed by atoms with Gasteiger partial charge in [0, 0.05) is 17.3 Å². The molecule has 0 saturated heterocycles. The van der Waals surface area contributed by atoms with Gasteiger partial charge in [0.1, 0.15) is 5.52 Å². The normalized spacial score (nSPS) is 12.3. The monoisotopic (exact) mass is 189 g/mol. The third-order valence-corrected chi connectivity index (χ3v) is 2.26. The van der Waals surface area contributed by atoms with Crippen LogP contribution in [0.1, 0.15) is 32.2 Å². The number of aromatic nitrogens is 3. The van der Waals surface area contributed by atoms with Gasteiger partial charge < -0.3 is 4.98 Å². The predicted molar refractivity (Wildman–Crippen MR) is 57.3 cm³/mol. The third-order valence-electron chi connectivity index (χ3n) is 2.26. The van der Waals surface area contributed by atoms with Crippen molar-refractivity contribution in [3.63, 3.8) is 0 Å². The largest absolute Gasteiger partial charge is 0.341 e. The maximum absolute atomic E-state index is 4.39. The van der Waals surface area contributed by atoms with Crippen molar-refractivity contribution in [2.24, 2.45) is 0 Å². The lowest BCUT2D eigenvalue weighted by Gasteiger charge is -2.15. The third kappa shape index (κ3) is 1.50. The molecule has 0 aliphatic heterocycles. The molecular formula is C11H15N3. The smallest absolute Gasteiger partial charge is 0.156 e. The summed E-state index contributed by atoms with van der Waals surface area (Å²) in [5.41, 5.74) is 4.07. The second-order valence-electron chi connectivity index (χ2n) is 4.68. The molecule has 0 spiro atoms. The number of nitrogens with zero attached hydrogens (tertiary/aromatic N) is 2. The molecule has 0 aromatic carbocycles. The van der Waals surface area contributed by atoms with E-state index in [2.05, 4.69) is 41.8 Å². The highest BCUT2D eigenvalue weighted by Gasteiger charge is 2.16. The lowest BCUT2D eigenvalue weighted by Crippen LogP contribution is -2.11. The topological polar surface area (TPSA) is 41.6 Å². The van der Waals surface area contributed by atoms with Crippen LogP contribution < -0.4 is 0 Å². The summed E-state index contributed by atoms with van der Waals surface area (Å²) in [6.45, 7) is 8.46. The summed E-state index contributed by atoms with van der Waals surface area (Å²) in [4.78, 5) is 12.0. The van der Waals surface area contributed by atoms with E-state index in [1.807, 2.05) is 6.92 Å². The van der Waals surface area contributed by atoms with Gasteiger partial charge in [0.25, 0.3) is 0 Å². The van der Waals surface area contributed by atoms with E-state index in [-0.39, 0.29) is 5.41 Å². The highest BCUT2D eigenvalue weighted by molar-refractivity contribution is 5.72. The molecular weight excluding hydrogens is 174 g/mol. The molecule has 14 heavy (non-hydrogen) atoms. The first kappa shape index (κ1) is 9.19. The van der Waals surface area contributed by atoms with Crippen LogP contribution >= 0.6 is 0 Å². The minimum atomic E-state index is 0.121. The van der Waals surface area contributed by atoms with Gasteiger partial charge in [-0.15, -0.1) is 0 Å². The van der Waals surface area contributed by atoms with E-state index in [0.717, 1.165) is 16.9 Å². The molecule has 0 radical (unpaired) electrons. The summed E-state index contributed by atoms with van der Waals surface area (Å²) in [5, 5.41) is 0. The van der Waals surface area contributed by atoms with Gasteiger partial charge in [0.2, 0.25) is 0 Å².